The molecule has 1 aromatic heterocycles. The molecule has 0 amide bonds. The van der Waals surface area contributed by atoms with Gasteiger partial charge < -0.3 is 0 Å². The highest BCUT2D eigenvalue weighted by Gasteiger charge is 2.05. The van der Waals surface area contributed by atoms with Crippen LogP contribution in [0.4, 0.5) is 0 Å². The van der Waals surface area contributed by atoms with Crippen LogP contribution in [0.2, 0.25) is 0 Å². The van der Waals surface area contributed by atoms with Gasteiger partial charge in [0, 0.05) is 6.92 Å². The van der Waals surface area contributed by atoms with Crippen molar-refractivity contribution in [1.82, 2.24) is 4.57 Å². The SMILES string of the molecule is CCCC[n+]1cc(C)n(CC)c1. The van der Waals surface area contributed by atoms with Crippen molar-refractivity contribution >= 4 is 0 Å². The molecule has 0 bridgehead atoms. The molecular weight excluding hydrogens is 148 g/mol. The van der Waals surface area contributed by atoms with Gasteiger partial charge in [0.25, 0.3) is 0 Å². The summed E-state index contributed by atoms with van der Waals surface area (Å²) < 4.78 is 4.55. The fraction of sp³-hybridized carbons (Fsp3) is 0.700. The second-order valence-electron chi connectivity index (χ2n) is 3.26. The van der Waals surface area contributed by atoms with Crippen LogP contribution in [0.1, 0.15) is 32.4 Å². The number of aryl methyl sites for hydroxylation is 3. The van der Waals surface area contributed by atoms with E-state index >= 15 is 0 Å². The van der Waals surface area contributed by atoms with E-state index in [1.165, 1.54) is 18.5 Å². The van der Waals surface area contributed by atoms with E-state index in [4.69, 9.17) is 0 Å². The maximum absolute atomic E-state index is 2.28. The standard InChI is InChI=1S/C10H19N2/c1-4-6-7-11-8-10(3)12(5-2)9-11/h8-9H,4-7H2,1-3H3/q+1. The summed E-state index contributed by atoms with van der Waals surface area (Å²) >= 11 is 0. The van der Waals surface area contributed by atoms with E-state index in [0.717, 1.165) is 13.1 Å². The molecule has 0 aliphatic carbocycles. The predicted molar refractivity (Wildman–Crippen MR) is 49.9 cm³/mol. The van der Waals surface area contributed by atoms with Crippen molar-refractivity contribution in [2.45, 2.75) is 46.7 Å². The average molecular weight is 167 g/mol. The van der Waals surface area contributed by atoms with Crippen LogP contribution in [0, 0.1) is 6.92 Å². The van der Waals surface area contributed by atoms with Gasteiger partial charge in [-0.1, -0.05) is 13.3 Å². The smallest absolute Gasteiger partial charge is 0.237 e. The van der Waals surface area contributed by atoms with Crippen molar-refractivity contribution in [3.05, 3.63) is 18.2 Å². The molecule has 0 spiro atoms. The van der Waals surface area contributed by atoms with Crippen molar-refractivity contribution in [1.29, 1.82) is 0 Å². The summed E-state index contributed by atoms with van der Waals surface area (Å²) in [5.41, 5.74) is 1.36. The maximum Gasteiger partial charge on any atom is 0.243 e. The minimum absolute atomic E-state index is 1.07. The first-order chi connectivity index (χ1) is 5.77. The summed E-state index contributed by atoms with van der Waals surface area (Å²) in [5.74, 6) is 0. The average Bonchev–Trinajstić information content (AvgIpc) is 2.43. The molecule has 0 atom stereocenters. The Kier molecular flexibility index (Phi) is 3.32. The van der Waals surface area contributed by atoms with Crippen LogP contribution in [0.5, 0.6) is 0 Å². The third-order valence-corrected chi connectivity index (χ3v) is 2.20. The number of unbranched alkanes of at least 4 members (excludes halogenated alkanes) is 1. The Morgan fingerprint density at radius 3 is 2.67 bits per heavy atom. The van der Waals surface area contributed by atoms with Gasteiger partial charge in [-0.05, 0) is 13.3 Å². The van der Waals surface area contributed by atoms with Gasteiger partial charge in [0.05, 0.1) is 13.1 Å². The molecule has 2 heteroatoms. The number of rotatable bonds is 4. The van der Waals surface area contributed by atoms with Gasteiger partial charge in [-0.25, -0.2) is 9.13 Å². The molecule has 0 aromatic carbocycles. The minimum atomic E-state index is 1.07. The normalized spacial score (nSPS) is 10.6. The van der Waals surface area contributed by atoms with E-state index in [-0.39, 0.29) is 0 Å². The molecule has 0 unspecified atom stereocenters. The summed E-state index contributed by atoms with van der Waals surface area (Å²) in [6, 6.07) is 0. The highest BCUT2D eigenvalue weighted by Crippen LogP contribution is 1.95. The van der Waals surface area contributed by atoms with Crippen LogP contribution in [-0.4, -0.2) is 4.57 Å². The lowest BCUT2D eigenvalue weighted by Gasteiger charge is -1.91. The Bertz CT molecular complexity index is 238. The highest BCUT2D eigenvalue weighted by molar-refractivity contribution is 4.88. The summed E-state index contributed by atoms with van der Waals surface area (Å²) in [6.45, 7) is 8.79. The molecule has 0 saturated carbocycles. The highest BCUT2D eigenvalue weighted by atomic mass is 15.1. The van der Waals surface area contributed by atoms with Crippen molar-refractivity contribution in [3.63, 3.8) is 0 Å². The van der Waals surface area contributed by atoms with E-state index in [2.05, 4.69) is 42.4 Å². The Balaban J connectivity index is 2.62. The van der Waals surface area contributed by atoms with Crippen molar-refractivity contribution in [2.75, 3.05) is 0 Å². The molecule has 12 heavy (non-hydrogen) atoms. The molecular formula is C10H19N2+. The number of nitrogens with zero attached hydrogens (tertiary/aromatic N) is 2. The van der Waals surface area contributed by atoms with Gasteiger partial charge in [0.1, 0.15) is 11.9 Å². The van der Waals surface area contributed by atoms with Gasteiger partial charge >= 0.3 is 0 Å². The number of imidazole rings is 1. The first-order valence-electron chi connectivity index (χ1n) is 4.83. The second kappa shape index (κ2) is 4.29. The monoisotopic (exact) mass is 167 g/mol. The van der Waals surface area contributed by atoms with Gasteiger partial charge in [-0.3, -0.25) is 0 Å². The summed E-state index contributed by atoms with van der Waals surface area (Å²) in [6.07, 6.45) is 6.96. The lowest BCUT2D eigenvalue weighted by Crippen LogP contribution is -2.30. The molecule has 1 rings (SSSR count). The molecule has 1 heterocycles. The first-order valence-corrected chi connectivity index (χ1v) is 4.83. The molecule has 0 fully saturated rings. The fourth-order valence-electron chi connectivity index (χ4n) is 1.41. The summed E-state index contributed by atoms with van der Waals surface area (Å²) in [4.78, 5) is 0. The minimum Gasteiger partial charge on any atom is -0.237 e. The van der Waals surface area contributed by atoms with E-state index in [9.17, 15) is 0 Å². The quantitative estimate of drug-likeness (QED) is 0.606. The molecule has 0 aliphatic heterocycles. The van der Waals surface area contributed by atoms with Crippen LogP contribution in [-0.2, 0) is 13.1 Å². The summed E-state index contributed by atoms with van der Waals surface area (Å²) in [7, 11) is 0. The topological polar surface area (TPSA) is 8.81 Å². The molecule has 1 aromatic rings. The lowest BCUT2D eigenvalue weighted by molar-refractivity contribution is -0.697. The third-order valence-electron chi connectivity index (χ3n) is 2.20. The zero-order valence-corrected chi connectivity index (χ0v) is 8.38. The summed E-state index contributed by atoms with van der Waals surface area (Å²) in [5, 5.41) is 0. The molecule has 0 radical (unpaired) electrons. The van der Waals surface area contributed by atoms with Crippen LogP contribution in [0.15, 0.2) is 12.5 Å². The molecule has 2 nitrogen and oxygen atoms in total. The maximum atomic E-state index is 2.28. The largest absolute Gasteiger partial charge is 0.243 e. The predicted octanol–water partition coefficient (Wildman–Crippen LogP) is 1.90. The third kappa shape index (κ3) is 2.10. The van der Waals surface area contributed by atoms with Gasteiger partial charge in [0.2, 0.25) is 6.33 Å². The van der Waals surface area contributed by atoms with Crippen LogP contribution >= 0.6 is 0 Å². The molecule has 0 saturated heterocycles. The van der Waals surface area contributed by atoms with E-state index in [0.29, 0.717) is 0 Å². The molecule has 0 N–H and O–H groups in total. The van der Waals surface area contributed by atoms with Gasteiger partial charge in [-0.15, -0.1) is 0 Å². The zero-order chi connectivity index (χ0) is 8.97. The number of aromatic nitrogens is 2. The molecule has 68 valence electrons. The molecule has 0 aliphatic rings. The zero-order valence-electron chi connectivity index (χ0n) is 8.38. The van der Waals surface area contributed by atoms with Crippen molar-refractivity contribution in [3.8, 4) is 0 Å². The van der Waals surface area contributed by atoms with E-state index in [1.54, 1.807) is 0 Å². The Morgan fingerprint density at radius 1 is 1.42 bits per heavy atom. The fourth-order valence-corrected chi connectivity index (χ4v) is 1.41. The van der Waals surface area contributed by atoms with E-state index in [1.807, 2.05) is 0 Å². The Hall–Kier alpha value is -0.790. The first kappa shape index (κ1) is 9.30. The lowest BCUT2D eigenvalue weighted by atomic mass is 10.3. The van der Waals surface area contributed by atoms with E-state index < -0.39 is 0 Å². The van der Waals surface area contributed by atoms with Crippen molar-refractivity contribution < 1.29 is 4.57 Å². The Labute approximate surface area is 74.8 Å². The van der Waals surface area contributed by atoms with Crippen molar-refractivity contribution in [2.24, 2.45) is 0 Å². The number of hydrogen-bond donors (Lipinski definition) is 0. The van der Waals surface area contributed by atoms with Gasteiger partial charge in [-0.2, -0.15) is 0 Å². The Morgan fingerprint density at radius 2 is 2.17 bits per heavy atom. The second-order valence-corrected chi connectivity index (χ2v) is 3.26. The van der Waals surface area contributed by atoms with Crippen LogP contribution in [0.3, 0.4) is 0 Å². The van der Waals surface area contributed by atoms with Crippen LogP contribution < -0.4 is 4.57 Å². The number of hydrogen-bond acceptors (Lipinski definition) is 0. The van der Waals surface area contributed by atoms with Gasteiger partial charge in [0.15, 0.2) is 0 Å². The van der Waals surface area contributed by atoms with Crippen LogP contribution in [0.25, 0.3) is 0 Å².